The number of fused-ring (bicyclic) bond motifs is 1. The highest BCUT2D eigenvalue weighted by Crippen LogP contribution is 2.49. The molecule has 2 heterocycles. The molecule has 0 spiro atoms. The summed E-state index contributed by atoms with van der Waals surface area (Å²) in [6, 6.07) is 3.55. The second-order valence-corrected chi connectivity index (χ2v) is 4.60. The third-order valence-corrected chi connectivity index (χ3v) is 3.40. The zero-order valence-corrected chi connectivity index (χ0v) is 8.95. The Kier molecular flexibility index (Phi) is 1.61. The van der Waals surface area contributed by atoms with Crippen molar-refractivity contribution in [3.8, 4) is 0 Å². The van der Waals surface area contributed by atoms with E-state index in [-0.39, 0.29) is 5.56 Å². The van der Waals surface area contributed by atoms with E-state index in [0.29, 0.717) is 5.92 Å². The van der Waals surface area contributed by atoms with Crippen molar-refractivity contribution in [2.24, 2.45) is 13.0 Å². The molecule has 1 saturated carbocycles. The zero-order valence-electron chi connectivity index (χ0n) is 8.95. The van der Waals surface area contributed by atoms with Gasteiger partial charge in [0.1, 0.15) is 5.65 Å². The minimum absolute atomic E-state index is 0.0286. The molecule has 0 amide bonds. The van der Waals surface area contributed by atoms with Gasteiger partial charge in [0, 0.05) is 24.7 Å². The third kappa shape index (κ3) is 1.23. The maximum Gasteiger partial charge on any atom is 0.249 e. The monoisotopic (exact) mass is 202 g/mol. The first-order valence-electron chi connectivity index (χ1n) is 5.35. The van der Waals surface area contributed by atoms with Crippen LogP contribution in [-0.4, -0.2) is 9.55 Å². The largest absolute Gasteiger partial charge is 0.337 e. The molecule has 3 heteroatoms. The van der Waals surface area contributed by atoms with Gasteiger partial charge < -0.3 is 9.55 Å². The predicted molar refractivity (Wildman–Crippen MR) is 60.1 cm³/mol. The molecule has 1 aliphatic rings. The van der Waals surface area contributed by atoms with E-state index in [2.05, 4.69) is 18.1 Å². The third-order valence-electron chi connectivity index (χ3n) is 3.40. The van der Waals surface area contributed by atoms with Gasteiger partial charge in [-0.25, -0.2) is 0 Å². The molecule has 0 bridgehead atoms. The molecule has 0 aromatic carbocycles. The quantitative estimate of drug-likeness (QED) is 0.754. The van der Waals surface area contributed by atoms with Crippen molar-refractivity contribution in [1.29, 1.82) is 0 Å². The minimum Gasteiger partial charge on any atom is -0.337 e. The number of hydrogen-bond acceptors (Lipinski definition) is 1. The van der Waals surface area contributed by atoms with Crippen LogP contribution in [0.4, 0.5) is 0 Å². The van der Waals surface area contributed by atoms with Gasteiger partial charge in [0.15, 0.2) is 0 Å². The Balaban J connectivity index is 2.28. The Bertz CT molecular complexity index is 579. The van der Waals surface area contributed by atoms with Gasteiger partial charge in [0.25, 0.3) is 0 Å². The van der Waals surface area contributed by atoms with Gasteiger partial charge in [-0.1, -0.05) is 6.92 Å². The molecule has 1 unspecified atom stereocenters. The first-order valence-corrected chi connectivity index (χ1v) is 5.35. The molecule has 1 N–H and O–H groups in total. The fraction of sp³-hybridized carbons (Fsp3) is 0.417. The normalized spacial score (nSPS) is 24.7. The van der Waals surface area contributed by atoms with Crippen molar-refractivity contribution in [2.45, 2.75) is 19.3 Å². The molecule has 0 radical (unpaired) electrons. The van der Waals surface area contributed by atoms with Crippen LogP contribution in [0.25, 0.3) is 11.0 Å². The van der Waals surface area contributed by atoms with Crippen LogP contribution in [-0.2, 0) is 7.05 Å². The minimum atomic E-state index is -0.0286. The number of aryl methyl sites for hydroxylation is 1. The van der Waals surface area contributed by atoms with E-state index in [4.69, 9.17) is 0 Å². The second-order valence-electron chi connectivity index (χ2n) is 4.60. The van der Waals surface area contributed by atoms with Crippen LogP contribution in [0.1, 0.15) is 24.8 Å². The number of H-pyrrole nitrogens is 1. The Morgan fingerprint density at radius 3 is 2.87 bits per heavy atom. The maximum absolute atomic E-state index is 11.2. The van der Waals surface area contributed by atoms with Crippen LogP contribution >= 0.6 is 0 Å². The van der Waals surface area contributed by atoms with Crippen LogP contribution in [0.2, 0.25) is 0 Å². The Hall–Kier alpha value is -1.51. The van der Waals surface area contributed by atoms with E-state index in [0.717, 1.165) is 11.6 Å². The SMILES string of the molecule is CC1C[C@@H]1c1cn(C)c2[nH]c(=O)ccc12. The molecule has 1 aliphatic carbocycles. The summed E-state index contributed by atoms with van der Waals surface area (Å²) < 4.78 is 2.01. The van der Waals surface area contributed by atoms with Gasteiger partial charge in [0.05, 0.1) is 0 Å². The number of hydrogen-bond donors (Lipinski definition) is 1. The van der Waals surface area contributed by atoms with Crippen LogP contribution in [0.15, 0.2) is 23.1 Å². The molecular weight excluding hydrogens is 188 g/mol. The molecule has 15 heavy (non-hydrogen) atoms. The highest BCUT2D eigenvalue weighted by molar-refractivity contribution is 5.81. The van der Waals surface area contributed by atoms with Gasteiger partial charge >= 0.3 is 0 Å². The number of aromatic amines is 1. The average Bonchev–Trinajstić information content (AvgIpc) is 2.83. The fourth-order valence-electron chi connectivity index (χ4n) is 2.37. The molecule has 2 atom stereocenters. The van der Waals surface area contributed by atoms with Crippen molar-refractivity contribution in [3.63, 3.8) is 0 Å². The molecule has 78 valence electrons. The van der Waals surface area contributed by atoms with Gasteiger partial charge in [-0.2, -0.15) is 0 Å². The van der Waals surface area contributed by atoms with Gasteiger partial charge in [0.2, 0.25) is 5.56 Å². The summed E-state index contributed by atoms with van der Waals surface area (Å²) >= 11 is 0. The van der Waals surface area contributed by atoms with E-state index in [1.165, 1.54) is 17.4 Å². The highest BCUT2D eigenvalue weighted by Gasteiger charge is 2.35. The summed E-state index contributed by atoms with van der Waals surface area (Å²) in [5.74, 6) is 1.49. The Morgan fingerprint density at radius 2 is 2.20 bits per heavy atom. The van der Waals surface area contributed by atoms with Crippen molar-refractivity contribution in [2.75, 3.05) is 0 Å². The van der Waals surface area contributed by atoms with E-state index >= 15 is 0 Å². The van der Waals surface area contributed by atoms with E-state index in [9.17, 15) is 4.79 Å². The van der Waals surface area contributed by atoms with Crippen molar-refractivity contribution < 1.29 is 0 Å². The summed E-state index contributed by atoms with van der Waals surface area (Å²) in [5.41, 5.74) is 2.30. The molecule has 2 aromatic rings. The van der Waals surface area contributed by atoms with Crippen molar-refractivity contribution >= 4 is 11.0 Å². The molecule has 0 aliphatic heterocycles. The van der Waals surface area contributed by atoms with E-state index < -0.39 is 0 Å². The Labute approximate surface area is 87.7 Å². The predicted octanol–water partition coefficient (Wildman–Crippen LogP) is 1.99. The maximum atomic E-state index is 11.2. The summed E-state index contributed by atoms with van der Waals surface area (Å²) in [7, 11) is 1.98. The lowest BCUT2D eigenvalue weighted by Crippen LogP contribution is -2.04. The summed E-state index contributed by atoms with van der Waals surface area (Å²) in [5, 5.41) is 1.20. The number of nitrogens with zero attached hydrogens (tertiary/aromatic N) is 1. The molecule has 3 rings (SSSR count). The van der Waals surface area contributed by atoms with E-state index in [1.807, 2.05) is 17.7 Å². The van der Waals surface area contributed by atoms with Crippen LogP contribution in [0.5, 0.6) is 0 Å². The van der Waals surface area contributed by atoms with Crippen LogP contribution in [0.3, 0.4) is 0 Å². The van der Waals surface area contributed by atoms with Gasteiger partial charge in [-0.05, 0) is 29.9 Å². The first kappa shape index (κ1) is 8.77. The fourth-order valence-corrected chi connectivity index (χ4v) is 2.37. The van der Waals surface area contributed by atoms with Gasteiger partial charge in [-0.15, -0.1) is 0 Å². The lowest BCUT2D eigenvalue weighted by Gasteiger charge is -1.94. The standard InChI is InChI=1S/C12H14N2O/c1-7-5-9(7)10-6-14(2)12-8(10)3-4-11(15)13-12/h3-4,6-7,9H,5H2,1-2H3,(H,13,15)/t7?,9-/m0/s1. The smallest absolute Gasteiger partial charge is 0.249 e. The molecule has 1 fully saturated rings. The van der Waals surface area contributed by atoms with Crippen LogP contribution in [0, 0.1) is 5.92 Å². The molecular formula is C12H14N2O. The lowest BCUT2D eigenvalue weighted by molar-refractivity contribution is 0.897. The van der Waals surface area contributed by atoms with Crippen LogP contribution < -0.4 is 5.56 Å². The number of pyridine rings is 1. The summed E-state index contributed by atoms with van der Waals surface area (Å²) in [6.07, 6.45) is 3.42. The number of rotatable bonds is 1. The highest BCUT2D eigenvalue weighted by atomic mass is 16.1. The average molecular weight is 202 g/mol. The zero-order chi connectivity index (χ0) is 10.6. The summed E-state index contributed by atoms with van der Waals surface area (Å²) in [4.78, 5) is 14.1. The molecule has 2 aromatic heterocycles. The number of nitrogens with one attached hydrogen (secondary N) is 1. The van der Waals surface area contributed by atoms with Crippen molar-refractivity contribution in [1.82, 2.24) is 9.55 Å². The first-order chi connectivity index (χ1) is 7.16. The Morgan fingerprint density at radius 1 is 1.47 bits per heavy atom. The van der Waals surface area contributed by atoms with Crippen molar-refractivity contribution in [3.05, 3.63) is 34.2 Å². The molecule has 0 saturated heterocycles. The number of aromatic nitrogens is 2. The lowest BCUT2D eigenvalue weighted by atomic mass is 10.1. The molecule has 3 nitrogen and oxygen atoms in total. The second kappa shape index (κ2) is 2.75. The van der Waals surface area contributed by atoms with Gasteiger partial charge in [-0.3, -0.25) is 4.79 Å². The van der Waals surface area contributed by atoms with E-state index in [1.54, 1.807) is 6.07 Å². The topological polar surface area (TPSA) is 37.8 Å². The summed E-state index contributed by atoms with van der Waals surface area (Å²) in [6.45, 7) is 2.27.